The van der Waals surface area contributed by atoms with Crippen molar-refractivity contribution in [2.75, 3.05) is 5.73 Å². The van der Waals surface area contributed by atoms with Gasteiger partial charge in [-0.1, -0.05) is 0 Å². The highest BCUT2D eigenvalue weighted by molar-refractivity contribution is 5.57. The van der Waals surface area contributed by atoms with Gasteiger partial charge in [-0.3, -0.25) is 10.1 Å². The number of rotatable bonds is 2. The van der Waals surface area contributed by atoms with E-state index in [4.69, 9.17) is 10.8 Å². The topological polar surface area (TPSA) is 89.4 Å². The molecule has 3 N–H and O–H groups in total. The van der Waals surface area contributed by atoms with E-state index in [1.54, 1.807) is 6.92 Å². The summed E-state index contributed by atoms with van der Waals surface area (Å²) in [6.07, 6.45) is 0. The molecule has 0 atom stereocenters. The second-order valence-electron chi connectivity index (χ2n) is 2.75. The second kappa shape index (κ2) is 3.40. The molecule has 0 heterocycles. The molecule has 0 aliphatic rings. The van der Waals surface area contributed by atoms with E-state index < -0.39 is 4.92 Å². The fourth-order valence-corrected chi connectivity index (χ4v) is 1.11. The van der Waals surface area contributed by atoms with Crippen LogP contribution in [0, 0.1) is 17.0 Å². The third kappa shape index (κ3) is 1.75. The number of nitrogen functional groups attached to an aromatic ring is 1. The lowest BCUT2D eigenvalue weighted by atomic mass is 10.1. The van der Waals surface area contributed by atoms with Gasteiger partial charge in [0.05, 0.1) is 11.5 Å². The third-order valence-electron chi connectivity index (χ3n) is 1.82. The summed E-state index contributed by atoms with van der Waals surface area (Å²) in [5, 5.41) is 19.3. The van der Waals surface area contributed by atoms with Crippen LogP contribution in [-0.4, -0.2) is 10.0 Å². The van der Waals surface area contributed by atoms with Gasteiger partial charge >= 0.3 is 0 Å². The van der Waals surface area contributed by atoms with E-state index in [0.717, 1.165) is 0 Å². The van der Waals surface area contributed by atoms with Crippen molar-refractivity contribution in [3.8, 4) is 0 Å². The molecule has 0 unspecified atom stereocenters. The number of nitrogens with zero attached hydrogens (tertiary/aromatic N) is 1. The number of aliphatic hydroxyl groups excluding tert-OH is 1. The van der Waals surface area contributed by atoms with Gasteiger partial charge in [0.2, 0.25) is 0 Å². The van der Waals surface area contributed by atoms with Gasteiger partial charge in [0.15, 0.2) is 0 Å². The van der Waals surface area contributed by atoms with E-state index in [1.165, 1.54) is 12.1 Å². The predicted molar refractivity (Wildman–Crippen MR) is 48.2 cm³/mol. The summed E-state index contributed by atoms with van der Waals surface area (Å²) in [6, 6.07) is 2.79. The molecule has 0 amide bonds. The van der Waals surface area contributed by atoms with Gasteiger partial charge in [-0.15, -0.1) is 0 Å². The first-order valence-electron chi connectivity index (χ1n) is 3.70. The molecule has 0 aliphatic heterocycles. The predicted octanol–water partition coefficient (Wildman–Crippen LogP) is 0.978. The number of benzene rings is 1. The van der Waals surface area contributed by atoms with Crippen LogP contribution in [0.25, 0.3) is 0 Å². The van der Waals surface area contributed by atoms with Gasteiger partial charge in [-0.05, 0) is 13.0 Å². The maximum absolute atomic E-state index is 10.5. The lowest BCUT2D eigenvalue weighted by Crippen LogP contribution is -1.99. The zero-order valence-electron chi connectivity index (χ0n) is 7.15. The molecule has 0 saturated heterocycles. The lowest BCUT2D eigenvalue weighted by molar-refractivity contribution is -0.385. The zero-order chi connectivity index (χ0) is 10.0. The molecule has 5 heteroatoms. The summed E-state index contributed by atoms with van der Waals surface area (Å²) in [6.45, 7) is 1.40. The number of hydrogen-bond acceptors (Lipinski definition) is 4. The molecule has 0 aliphatic carbocycles. The molecule has 0 spiro atoms. The Morgan fingerprint density at radius 1 is 1.62 bits per heavy atom. The summed E-state index contributed by atoms with van der Waals surface area (Å²) in [5.74, 6) is 0. The Morgan fingerprint density at radius 3 is 2.69 bits per heavy atom. The van der Waals surface area contributed by atoms with Crippen molar-refractivity contribution in [2.45, 2.75) is 13.5 Å². The summed E-state index contributed by atoms with van der Waals surface area (Å²) >= 11 is 0. The van der Waals surface area contributed by atoms with E-state index >= 15 is 0 Å². The van der Waals surface area contributed by atoms with Crippen molar-refractivity contribution in [2.24, 2.45) is 0 Å². The van der Waals surface area contributed by atoms with E-state index in [9.17, 15) is 10.1 Å². The minimum absolute atomic E-state index is 0.0188. The molecular formula is C8H10N2O3. The van der Waals surface area contributed by atoms with Gasteiger partial charge in [0, 0.05) is 22.9 Å². The van der Waals surface area contributed by atoms with Crippen molar-refractivity contribution in [1.29, 1.82) is 0 Å². The van der Waals surface area contributed by atoms with Crippen molar-refractivity contribution in [3.63, 3.8) is 0 Å². The van der Waals surface area contributed by atoms with E-state index in [-0.39, 0.29) is 18.0 Å². The summed E-state index contributed by atoms with van der Waals surface area (Å²) < 4.78 is 0. The molecule has 1 aromatic carbocycles. The average Bonchev–Trinajstić information content (AvgIpc) is 2.07. The van der Waals surface area contributed by atoms with Gasteiger partial charge in [-0.25, -0.2) is 0 Å². The Bertz CT molecular complexity index is 349. The van der Waals surface area contributed by atoms with Crippen LogP contribution in [0.5, 0.6) is 0 Å². The van der Waals surface area contributed by atoms with Crippen molar-refractivity contribution < 1.29 is 10.0 Å². The van der Waals surface area contributed by atoms with Crippen LogP contribution in [0.1, 0.15) is 11.1 Å². The Balaban J connectivity index is 3.28. The van der Waals surface area contributed by atoms with Crippen LogP contribution in [0.15, 0.2) is 12.1 Å². The smallest absolute Gasteiger partial charge is 0.274 e. The highest BCUT2D eigenvalue weighted by Crippen LogP contribution is 2.24. The molecule has 0 fully saturated rings. The van der Waals surface area contributed by atoms with Crippen molar-refractivity contribution in [3.05, 3.63) is 33.4 Å². The second-order valence-corrected chi connectivity index (χ2v) is 2.75. The number of aryl methyl sites for hydroxylation is 1. The van der Waals surface area contributed by atoms with E-state index in [0.29, 0.717) is 11.1 Å². The molecule has 0 aromatic heterocycles. The van der Waals surface area contributed by atoms with Crippen molar-refractivity contribution >= 4 is 11.4 Å². The van der Waals surface area contributed by atoms with Crippen LogP contribution in [0.4, 0.5) is 11.4 Å². The van der Waals surface area contributed by atoms with Crippen LogP contribution in [0.2, 0.25) is 0 Å². The Labute approximate surface area is 74.9 Å². The highest BCUT2D eigenvalue weighted by Gasteiger charge is 2.12. The van der Waals surface area contributed by atoms with E-state index in [2.05, 4.69) is 0 Å². The minimum atomic E-state index is -0.493. The van der Waals surface area contributed by atoms with Gasteiger partial charge in [0.25, 0.3) is 5.69 Å². The number of hydrogen-bond donors (Lipinski definition) is 2. The van der Waals surface area contributed by atoms with Crippen molar-refractivity contribution in [1.82, 2.24) is 0 Å². The first-order valence-corrected chi connectivity index (χ1v) is 3.70. The Kier molecular flexibility index (Phi) is 2.48. The normalized spacial score (nSPS) is 10.0. The number of anilines is 1. The lowest BCUT2D eigenvalue weighted by Gasteiger charge is -2.03. The molecule has 1 aromatic rings. The van der Waals surface area contributed by atoms with Gasteiger partial charge < -0.3 is 10.8 Å². The van der Waals surface area contributed by atoms with Crippen LogP contribution < -0.4 is 5.73 Å². The molecule has 0 radical (unpaired) electrons. The standard InChI is InChI=1S/C8H10N2O3/c1-5-2-6(4-11)7(9)3-8(5)10(12)13/h2-3,11H,4,9H2,1H3. The molecule has 13 heavy (non-hydrogen) atoms. The quantitative estimate of drug-likeness (QED) is 0.405. The highest BCUT2D eigenvalue weighted by atomic mass is 16.6. The third-order valence-corrected chi connectivity index (χ3v) is 1.82. The molecular weight excluding hydrogens is 172 g/mol. The van der Waals surface area contributed by atoms with E-state index in [1.807, 2.05) is 0 Å². The SMILES string of the molecule is Cc1cc(CO)c(N)cc1[N+](=O)[O-]. The molecule has 0 bridgehead atoms. The summed E-state index contributed by atoms with van der Waals surface area (Å²) in [4.78, 5) is 9.97. The van der Waals surface area contributed by atoms with Crippen LogP contribution in [-0.2, 0) is 6.61 Å². The maximum Gasteiger partial charge on any atom is 0.274 e. The number of nitrogens with two attached hydrogens (primary N) is 1. The molecule has 5 nitrogen and oxygen atoms in total. The molecule has 1 rings (SSSR count). The Morgan fingerprint density at radius 2 is 2.23 bits per heavy atom. The average molecular weight is 182 g/mol. The minimum Gasteiger partial charge on any atom is -0.398 e. The summed E-state index contributed by atoms with van der Waals surface area (Å²) in [5.41, 5.74) is 6.72. The number of aliphatic hydroxyl groups is 1. The fourth-order valence-electron chi connectivity index (χ4n) is 1.11. The van der Waals surface area contributed by atoms with Gasteiger partial charge in [0.1, 0.15) is 0 Å². The fraction of sp³-hybridized carbons (Fsp3) is 0.250. The van der Waals surface area contributed by atoms with Gasteiger partial charge in [-0.2, -0.15) is 0 Å². The molecule has 0 saturated carbocycles. The molecule has 70 valence electrons. The zero-order valence-corrected chi connectivity index (χ0v) is 7.15. The van der Waals surface area contributed by atoms with Crippen LogP contribution in [0.3, 0.4) is 0 Å². The first-order chi connectivity index (χ1) is 6.06. The number of nitro groups is 1. The van der Waals surface area contributed by atoms with Crippen LogP contribution >= 0.6 is 0 Å². The maximum atomic E-state index is 10.5. The monoisotopic (exact) mass is 182 g/mol. The first kappa shape index (κ1) is 9.47. The number of nitro benzene ring substituents is 1. The summed E-state index contributed by atoms with van der Waals surface area (Å²) in [7, 11) is 0. The Hall–Kier alpha value is -1.62. The largest absolute Gasteiger partial charge is 0.398 e.